The molecule has 2 saturated heterocycles. The number of piperidine rings is 2. The summed E-state index contributed by atoms with van der Waals surface area (Å²) < 4.78 is 19.7. The Bertz CT molecular complexity index is 1020. The first kappa shape index (κ1) is 24.2. The van der Waals surface area contributed by atoms with E-state index in [4.69, 9.17) is 14.2 Å². The Morgan fingerprint density at radius 2 is 1.14 bits per heavy atom. The summed E-state index contributed by atoms with van der Waals surface area (Å²) in [7, 11) is 0. The highest BCUT2D eigenvalue weighted by Crippen LogP contribution is 2.33. The van der Waals surface area contributed by atoms with Crippen LogP contribution in [0.4, 0.5) is 0 Å². The fraction of sp³-hybridized carbons (Fsp3) is 0.400. The van der Waals surface area contributed by atoms with Gasteiger partial charge in [0.05, 0.1) is 38.1 Å². The van der Waals surface area contributed by atoms with Crippen LogP contribution in [0, 0.1) is 0 Å². The first-order valence-electron chi connectivity index (χ1n) is 12.7. The minimum atomic E-state index is -0.442. The number of nitrogens with zero attached hydrogens (tertiary/aromatic N) is 1. The number of benzene rings is 3. The summed E-state index contributed by atoms with van der Waals surface area (Å²) in [6.07, 6.45) is 0.557. The fourth-order valence-corrected chi connectivity index (χ4v) is 5.30. The van der Waals surface area contributed by atoms with Crippen LogP contribution in [0.1, 0.15) is 29.5 Å². The normalized spacial score (nSPS) is 26.8. The van der Waals surface area contributed by atoms with Gasteiger partial charge < -0.3 is 19.3 Å². The summed E-state index contributed by atoms with van der Waals surface area (Å²) in [5.74, 6) is 0. The molecule has 5 heteroatoms. The molecule has 184 valence electrons. The van der Waals surface area contributed by atoms with Crippen LogP contribution in [0.2, 0.25) is 0 Å². The molecule has 0 spiro atoms. The second-order valence-corrected chi connectivity index (χ2v) is 9.55. The first-order valence-corrected chi connectivity index (χ1v) is 12.7. The topological polar surface area (TPSA) is 51.2 Å². The third kappa shape index (κ3) is 6.18. The van der Waals surface area contributed by atoms with Crippen molar-refractivity contribution in [2.75, 3.05) is 13.1 Å². The van der Waals surface area contributed by atoms with Gasteiger partial charge >= 0.3 is 0 Å². The second kappa shape index (κ2) is 11.9. The number of hydrogen-bond donors (Lipinski definition) is 1. The van der Waals surface area contributed by atoms with E-state index in [1.807, 2.05) is 54.6 Å². The van der Waals surface area contributed by atoms with Crippen LogP contribution >= 0.6 is 0 Å². The Labute approximate surface area is 208 Å². The average molecular weight is 474 g/mol. The van der Waals surface area contributed by atoms with Crippen molar-refractivity contribution < 1.29 is 19.3 Å². The number of fused-ring (bicyclic) bond motifs is 1. The molecule has 2 fully saturated rings. The second-order valence-electron chi connectivity index (χ2n) is 9.55. The van der Waals surface area contributed by atoms with Crippen LogP contribution in [0.5, 0.6) is 0 Å². The van der Waals surface area contributed by atoms with Gasteiger partial charge in [0.15, 0.2) is 0 Å². The van der Waals surface area contributed by atoms with E-state index in [0.29, 0.717) is 19.8 Å². The number of aliphatic hydroxyl groups excluding tert-OH is 1. The van der Waals surface area contributed by atoms with Gasteiger partial charge in [0.25, 0.3) is 0 Å². The van der Waals surface area contributed by atoms with Crippen molar-refractivity contribution in [2.45, 2.75) is 63.1 Å². The Hall–Kier alpha value is -2.54. The van der Waals surface area contributed by atoms with E-state index in [2.05, 4.69) is 41.3 Å². The first-order chi connectivity index (χ1) is 17.3. The summed E-state index contributed by atoms with van der Waals surface area (Å²) >= 11 is 0. The maximum atomic E-state index is 11.1. The molecule has 3 aromatic rings. The number of hydrogen-bond acceptors (Lipinski definition) is 5. The van der Waals surface area contributed by atoms with Gasteiger partial charge in [-0.3, -0.25) is 4.90 Å². The number of ether oxygens (including phenoxy) is 3. The zero-order chi connectivity index (χ0) is 23.9. The Balaban J connectivity index is 1.39. The molecule has 0 saturated carbocycles. The highest BCUT2D eigenvalue weighted by atomic mass is 16.6. The summed E-state index contributed by atoms with van der Waals surface area (Å²) in [6.45, 7) is 3.12. The van der Waals surface area contributed by atoms with Gasteiger partial charge in [0, 0.05) is 6.54 Å². The van der Waals surface area contributed by atoms with Crippen molar-refractivity contribution in [1.82, 2.24) is 4.90 Å². The lowest BCUT2D eigenvalue weighted by Gasteiger charge is -2.52. The number of rotatable bonds is 9. The zero-order valence-corrected chi connectivity index (χ0v) is 20.1. The Kier molecular flexibility index (Phi) is 8.24. The van der Waals surface area contributed by atoms with Gasteiger partial charge in [-0.05, 0) is 36.1 Å². The highest BCUT2D eigenvalue weighted by molar-refractivity contribution is 5.16. The summed E-state index contributed by atoms with van der Waals surface area (Å²) in [5.41, 5.74) is 3.36. The molecular formula is C30H35NO4. The van der Waals surface area contributed by atoms with E-state index in [0.717, 1.165) is 42.6 Å². The molecule has 5 atom stereocenters. The van der Waals surface area contributed by atoms with E-state index < -0.39 is 6.10 Å². The van der Waals surface area contributed by atoms with Crippen molar-refractivity contribution in [2.24, 2.45) is 0 Å². The minimum absolute atomic E-state index is 0.107. The van der Waals surface area contributed by atoms with Crippen LogP contribution in [0.15, 0.2) is 91.0 Å². The van der Waals surface area contributed by atoms with Gasteiger partial charge in [-0.25, -0.2) is 0 Å². The average Bonchev–Trinajstić information content (AvgIpc) is 2.91. The van der Waals surface area contributed by atoms with Crippen LogP contribution < -0.4 is 0 Å². The summed E-state index contributed by atoms with van der Waals surface area (Å²) in [6, 6.07) is 30.6. The number of aliphatic hydroxyl groups is 1. The molecule has 2 aliphatic rings. The minimum Gasteiger partial charge on any atom is -0.391 e. The quantitative estimate of drug-likeness (QED) is 0.493. The van der Waals surface area contributed by atoms with Crippen LogP contribution in [0.3, 0.4) is 0 Å². The van der Waals surface area contributed by atoms with Gasteiger partial charge in [-0.1, -0.05) is 91.0 Å². The molecule has 0 radical (unpaired) electrons. The van der Waals surface area contributed by atoms with Gasteiger partial charge in [-0.15, -0.1) is 0 Å². The maximum absolute atomic E-state index is 11.1. The summed E-state index contributed by atoms with van der Waals surface area (Å²) in [5, 5.41) is 11.1. The third-order valence-electron chi connectivity index (χ3n) is 7.08. The largest absolute Gasteiger partial charge is 0.391 e. The monoisotopic (exact) mass is 473 g/mol. The maximum Gasteiger partial charge on any atom is 0.113 e. The molecule has 1 N–H and O–H groups in total. The molecular weight excluding hydrogens is 438 g/mol. The predicted octanol–water partition coefficient (Wildman–Crippen LogP) is 4.58. The van der Waals surface area contributed by atoms with E-state index in [1.54, 1.807) is 0 Å². The third-order valence-corrected chi connectivity index (χ3v) is 7.08. The molecule has 0 aliphatic carbocycles. The van der Waals surface area contributed by atoms with Crippen molar-refractivity contribution in [1.29, 1.82) is 0 Å². The van der Waals surface area contributed by atoms with Crippen molar-refractivity contribution in [3.8, 4) is 0 Å². The van der Waals surface area contributed by atoms with Crippen molar-refractivity contribution in [3.63, 3.8) is 0 Å². The van der Waals surface area contributed by atoms with Gasteiger partial charge in [0.2, 0.25) is 0 Å². The Morgan fingerprint density at radius 1 is 0.657 bits per heavy atom. The van der Waals surface area contributed by atoms with E-state index in [9.17, 15) is 5.11 Å². The van der Waals surface area contributed by atoms with Crippen LogP contribution in [-0.4, -0.2) is 53.6 Å². The smallest absolute Gasteiger partial charge is 0.113 e. The molecule has 0 bridgehead atoms. The predicted molar refractivity (Wildman–Crippen MR) is 136 cm³/mol. The molecule has 0 aromatic heterocycles. The lowest BCUT2D eigenvalue weighted by Crippen LogP contribution is -2.68. The van der Waals surface area contributed by atoms with Crippen LogP contribution in [0.25, 0.3) is 0 Å². The lowest BCUT2D eigenvalue weighted by atomic mass is 9.85. The molecule has 0 unspecified atom stereocenters. The Morgan fingerprint density at radius 3 is 1.69 bits per heavy atom. The fourth-order valence-electron chi connectivity index (χ4n) is 5.30. The standard InChI is InChI=1S/C30H35NO4/c32-26-17-10-18-31-19-27(33-20-23-11-4-1-5-12-23)29(34-21-24-13-6-2-7-14-24)30(28(26)31)35-22-25-15-8-3-9-16-25/h1-9,11-16,26-30,32H,10,17-22H2/t26-,27-,28-,29-,30-/m1/s1. The van der Waals surface area contributed by atoms with Gasteiger partial charge in [-0.2, -0.15) is 0 Å². The molecule has 2 heterocycles. The molecule has 0 amide bonds. The molecule has 5 nitrogen and oxygen atoms in total. The lowest BCUT2D eigenvalue weighted by molar-refractivity contribution is -0.222. The highest BCUT2D eigenvalue weighted by Gasteiger charge is 2.49. The van der Waals surface area contributed by atoms with Crippen molar-refractivity contribution in [3.05, 3.63) is 108 Å². The molecule has 3 aromatic carbocycles. The van der Waals surface area contributed by atoms with E-state index in [1.165, 1.54) is 0 Å². The molecule has 2 aliphatic heterocycles. The summed E-state index contributed by atoms with van der Waals surface area (Å²) in [4.78, 5) is 2.35. The van der Waals surface area contributed by atoms with Crippen molar-refractivity contribution >= 4 is 0 Å². The SMILES string of the molecule is O[C@@H]1CCCN2C[C@@H](OCc3ccccc3)[C@@H](OCc3ccccc3)[C@H](OCc3ccccc3)[C@@H]12. The molecule has 35 heavy (non-hydrogen) atoms. The molecule has 5 rings (SSSR count). The van der Waals surface area contributed by atoms with Crippen LogP contribution in [-0.2, 0) is 34.0 Å². The van der Waals surface area contributed by atoms with E-state index >= 15 is 0 Å². The zero-order valence-electron chi connectivity index (χ0n) is 20.1. The van der Waals surface area contributed by atoms with Gasteiger partial charge in [0.1, 0.15) is 12.2 Å². The van der Waals surface area contributed by atoms with E-state index in [-0.39, 0.29) is 24.4 Å².